The fraction of sp³-hybridized carbons (Fsp3) is 0.200. The van der Waals surface area contributed by atoms with Crippen LogP contribution >= 0.6 is 22.7 Å². The quantitative estimate of drug-likeness (QED) is 0.520. The van der Waals surface area contributed by atoms with Crippen LogP contribution in [0, 0.1) is 11.3 Å². The van der Waals surface area contributed by atoms with Crippen LogP contribution in [0.1, 0.15) is 24.4 Å². The van der Waals surface area contributed by atoms with E-state index >= 15 is 0 Å². The minimum Gasteiger partial charge on any atom is -0.372 e. The maximum absolute atomic E-state index is 9.54. The lowest BCUT2D eigenvalue weighted by molar-refractivity contribution is 0.866. The van der Waals surface area contributed by atoms with Gasteiger partial charge in [-0.3, -0.25) is 0 Å². The van der Waals surface area contributed by atoms with E-state index in [2.05, 4.69) is 54.1 Å². The maximum Gasteiger partial charge on any atom is 0.134 e. The predicted octanol–water partition coefficient (Wildman–Crippen LogP) is 5.78. The molecule has 5 heteroatoms. The van der Waals surface area contributed by atoms with Crippen LogP contribution in [0.15, 0.2) is 47.2 Å². The van der Waals surface area contributed by atoms with Gasteiger partial charge >= 0.3 is 0 Å². The number of aromatic nitrogens is 1. The third-order valence-corrected chi connectivity index (χ3v) is 5.73. The molecule has 25 heavy (non-hydrogen) atoms. The molecule has 0 aliphatic carbocycles. The Kier molecular flexibility index (Phi) is 5.64. The molecule has 2 heterocycles. The summed E-state index contributed by atoms with van der Waals surface area (Å²) in [7, 11) is 0. The Bertz CT molecular complexity index is 880. The van der Waals surface area contributed by atoms with Gasteiger partial charge in [0.15, 0.2) is 0 Å². The summed E-state index contributed by atoms with van der Waals surface area (Å²) >= 11 is 3.17. The Balaban J connectivity index is 1.85. The highest BCUT2D eigenvalue weighted by Crippen LogP contribution is 2.29. The second-order valence-corrected chi connectivity index (χ2v) is 7.25. The van der Waals surface area contributed by atoms with Gasteiger partial charge in [0.25, 0.3) is 0 Å². The van der Waals surface area contributed by atoms with Crippen molar-refractivity contribution in [3.63, 3.8) is 0 Å². The first-order valence-electron chi connectivity index (χ1n) is 8.21. The second kappa shape index (κ2) is 8.11. The van der Waals surface area contributed by atoms with Gasteiger partial charge in [0, 0.05) is 24.2 Å². The topological polar surface area (TPSA) is 39.9 Å². The summed E-state index contributed by atoms with van der Waals surface area (Å²) in [6.45, 7) is 6.27. The van der Waals surface area contributed by atoms with E-state index in [1.54, 1.807) is 11.3 Å². The number of thiazole rings is 1. The molecule has 3 aromatic rings. The van der Waals surface area contributed by atoms with E-state index in [1.807, 2.05) is 29.0 Å². The fourth-order valence-electron chi connectivity index (χ4n) is 2.61. The predicted molar refractivity (Wildman–Crippen MR) is 109 cm³/mol. The van der Waals surface area contributed by atoms with Gasteiger partial charge in [-0.1, -0.05) is 18.2 Å². The number of anilines is 1. The Morgan fingerprint density at radius 3 is 2.52 bits per heavy atom. The number of nitriles is 1. The van der Waals surface area contributed by atoms with Crippen LogP contribution < -0.4 is 4.90 Å². The Hall–Kier alpha value is -2.42. The highest BCUT2D eigenvalue weighted by molar-refractivity contribution is 7.14. The lowest BCUT2D eigenvalue weighted by atomic mass is 10.1. The average Bonchev–Trinajstić information content (AvgIpc) is 3.33. The summed E-state index contributed by atoms with van der Waals surface area (Å²) in [6, 6.07) is 14.7. The van der Waals surface area contributed by atoms with Crippen molar-refractivity contribution in [1.82, 2.24) is 4.98 Å². The van der Waals surface area contributed by atoms with Crippen LogP contribution in [0.4, 0.5) is 5.69 Å². The van der Waals surface area contributed by atoms with Gasteiger partial charge in [-0.05, 0) is 49.1 Å². The first kappa shape index (κ1) is 17.4. The average molecular weight is 366 g/mol. The largest absolute Gasteiger partial charge is 0.372 e. The second-order valence-electron chi connectivity index (χ2n) is 5.45. The summed E-state index contributed by atoms with van der Waals surface area (Å²) in [5.74, 6) is 0. The highest BCUT2D eigenvalue weighted by Gasteiger charge is 2.10. The molecule has 0 unspecified atom stereocenters. The highest BCUT2D eigenvalue weighted by atomic mass is 32.1. The van der Waals surface area contributed by atoms with Crippen molar-refractivity contribution in [3.8, 4) is 16.6 Å². The van der Waals surface area contributed by atoms with Gasteiger partial charge in [-0.15, -0.1) is 22.7 Å². The molecule has 0 saturated heterocycles. The molecular weight excluding hydrogens is 346 g/mol. The third kappa shape index (κ3) is 3.98. The first-order chi connectivity index (χ1) is 12.2. The van der Waals surface area contributed by atoms with E-state index < -0.39 is 0 Å². The fourth-order valence-corrected chi connectivity index (χ4v) is 4.16. The van der Waals surface area contributed by atoms with E-state index in [0.29, 0.717) is 5.57 Å². The summed E-state index contributed by atoms with van der Waals surface area (Å²) in [5, 5.41) is 14.3. The number of hydrogen-bond acceptors (Lipinski definition) is 5. The molecular formula is C20H19N3S2. The van der Waals surface area contributed by atoms with Crippen molar-refractivity contribution in [2.24, 2.45) is 0 Å². The molecule has 0 amide bonds. The molecule has 0 aliphatic heterocycles. The number of allylic oxidation sites excluding steroid dienone is 1. The molecule has 1 aromatic carbocycles. The lowest BCUT2D eigenvalue weighted by Gasteiger charge is -2.20. The normalized spacial score (nSPS) is 11.3. The first-order valence-corrected chi connectivity index (χ1v) is 9.97. The van der Waals surface area contributed by atoms with Crippen molar-refractivity contribution in [2.75, 3.05) is 18.0 Å². The molecule has 0 aliphatic rings. The summed E-state index contributed by atoms with van der Waals surface area (Å²) in [4.78, 5) is 8.05. The van der Waals surface area contributed by atoms with E-state index in [0.717, 1.165) is 34.2 Å². The minimum absolute atomic E-state index is 0.600. The molecule has 0 fully saturated rings. The van der Waals surface area contributed by atoms with Crippen LogP contribution in [-0.4, -0.2) is 18.1 Å². The van der Waals surface area contributed by atoms with Gasteiger partial charge in [-0.2, -0.15) is 5.26 Å². The van der Waals surface area contributed by atoms with Crippen molar-refractivity contribution in [3.05, 3.63) is 57.7 Å². The van der Waals surface area contributed by atoms with E-state index in [9.17, 15) is 5.26 Å². The molecule has 0 spiro atoms. The molecule has 0 radical (unpaired) electrons. The molecule has 3 rings (SSSR count). The van der Waals surface area contributed by atoms with Crippen LogP contribution in [0.3, 0.4) is 0 Å². The van der Waals surface area contributed by atoms with Gasteiger partial charge in [0.05, 0.1) is 16.1 Å². The molecule has 126 valence electrons. The van der Waals surface area contributed by atoms with Crippen molar-refractivity contribution < 1.29 is 0 Å². The van der Waals surface area contributed by atoms with E-state index in [4.69, 9.17) is 0 Å². The van der Waals surface area contributed by atoms with E-state index in [-0.39, 0.29) is 0 Å². The van der Waals surface area contributed by atoms with Crippen LogP contribution in [0.2, 0.25) is 0 Å². The van der Waals surface area contributed by atoms with Crippen LogP contribution in [0.5, 0.6) is 0 Å². The standard InChI is InChI=1S/C20H19N3S2/c1-3-23(4-2)17-9-7-15(8-10-17)12-16(13-21)20-22-18(14-25-20)19-6-5-11-24-19/h5-12,14H,3-4H2,1-2H3/b16-12-. The van der Waals surface area contributed by atoms with Crippen molar-refractivity contribution in [2.45, 2.75) is 13.8 Å². The number of benzene rings is 1. The van der Waals surface area contributed by atoms with Gasteiger partial charge in [0.2, 0.25) is 0 Å². The summed E-state index contributed by atoms with van der Waals surface area (Å²) in [5.41, 5.74) is 3.76. The number of thiophene rings is 1. The van der Waals surface area contributed by atoms with Gasteiger partial charge in [-0.25, -0.2) is 4.98 Å². The summed E-state index contributed by atoms with van der Waals surface area (Å²) < 4.78 is 0. The zero-order valence-corrected chi connectivity index (χ0v) is 15.9. The number of rotatable bonds is 6. The molecule has 0 atom stereocenters. The Morgan fingerprint density at radius 2 is 1.92 bits per heavy atom. The Labute approximate surface area is 156 Å². The molecule has 3 nitrogen and oxygen atoms in total. The number of hydrogen-bond donors (Lipinski definition) is 0. The smallest absolute Gasteiger partial charge is 0.134 e. The van der Waals surface area contributed by atoms with Crippen LogP contribution in [-0.2, 0) is 0 Å². The molecule has 0 saturated carbocycles. The van der Waals surface area contributed by atoms with E-state index in [1.165, 1.54) is 17.0 Å². The zero-order chi connectivity index (χ0) is 17.6. The zero-order valence-electron chi connectivity index (χ0n) is 14.3. The van der Waals surface area contributed by atoms with Crippen molar-refractivity contribution >= 4 is 40.0 Å². The number of nitrogens with zero attached hydrogens (tertiary/aromatic N) is 3. The molecule has 2 aromatic heterocycles. The molecule has 0 bridgehead atoms. The minimum atomic E-state index is 0.600. The van der Waals surface area contributed by atoms with Gasteiger partial charge in [0.1, 0.15) is 11.1 Å². The van der Waals surface area contributed by atoms with Gasteiger partial charge < -0.3 is 4.90 Å². The van der Waals surface area contributed by atoms with Crippen LogP contribution in [0.25, 0.3) is 22.2 Å². The maximum atomic E-state index is 9.54. The van der Waals surface area contributed by atoms with Crippen molar-refractivity contribution in [1.29, 1.82) is 5.26 Å². The SMILES string of the molecule is CCN(CC)c1ccc(/C=C(/C#N)c2nc(-c3cccs3)cs2)cc1. The summed E-state index contributed by atoms with van der Waals surface area (Å²) in [6.07, 6.45) is 1.91. The lowest BCUT2D eigenvalue weighted by Crippen LogP contribution is -2.21. The monoisotopic (exact) mass is 365 g/mol. The molecule has 0 N–H and O–H groups in total. The Morgan fingerprint density at radius 1 is 1.16 bits per heavy atom. The third-order valence-electron chi connectivity index (χ3n) is 3.96.